The Balaban J connectivity index is 1.94. The molecule has 2 N–H and O–H groups in total. The van der Waals surface area contributed by atoms with E-state index >= 15 is 0 Å². The van der Waals surface area contributed by atoms with Crippen LogP contribution in [0.1, 0.15) is 26.3 Å². The number of carbonyl (C=O) groups is 2. The first-order chi connectivity index (χ1) is 20.1. The van der Waals surface area contributed by atoms with Gasteiger partial charge in [0.1, 0.15) is 0 Å². The van der Waals surface area contributed by atoms with Crippen molar-refractivity contribution in [2.75, 3.05) is 0 Å². The topological polar surface area (TPSA) is 118 Å². The molecule has 0 saturated carbocycles. The van der Waals surface area contributed by atoms with Crippen LogP contribution in [-0.4, -0.2) is 30.6 Å². The van der Waals surface area contributed by atoms with E-state index in [4.69, 9.17) is 3.97 Å². The van der Waals surface area contributed by atoms with Crippen LogP contribution < -0.4 is 15.9 Å². The summed E-state index contributed by atoms with van der Waals surface area (Å²) in [6.45, 7) is -4.54. The number of hydrogen-bond acceptors (Lipinski definition) is 5. The van der Waals surface area contributed by atoms with Crippen molar-refractivity contribution < 1.29 is 32.2 Å². The van der Waals surface area contributed by atoms with E-state index < -0.39 is 44.9 Å². The van der Waals surface area contributed by atoms with E-state index in [-0.39, 0.29) is 6.16 Å². The molecule has 7 nitrogen and oxygen atoms in total. The summed E-state index contributed by atoms with van der Waals surface area (Å²) in [7, 11) is -4.82. The minimum atomic E-state index is -4.82. The number of hydrogen-bond donors (Lipinski definition) is 2. The van der Waals surface area contributed by atoms with Crippen LogP contribution in [-0.2, 0) is 20.3 Å². The monoisotopic (exact) mass is 598 g/mol. The van der Waals surface area contributed by atoms with Gasteiger partial charge in [-0.15, -0.1) is 0 Å². The summed E-state index contributed by atoms with van der Waals surface area (Å²) in [5.74, 6) is -2.93. The summed E-state index contributed by atoms with van der Waals surface area (Å²) in [5.41, 5.74) is -0.161. The fourth-order valence-corrected chi connectivity index (χ4v) is 13.9. The molecule has 5 aromatic carbocycles. The average Bonchev–Trinajstić information content (AvgIpc) is 3.02. The Morgan fingerprint density at radius 3 is 1.29 bits per heavy atom. The van der Waals surface area contributed by atoms with Gasteiger partial charge in [-0.05, 0) is 0 Å². The van der Waals surface area contributed by atoms with E-state index in [1.165, 1.54) is 0 Å². The third-order valence-corrected chi connectivity index (χ3v) is 15.2. The summed E-state index contributed by atoms with van der Waals surface area (Å²) in [5, 5.41) is 21.2. The molecule has 0 spiro atoms. The quantitative estimate of drug-likeness (QED) is 0.206. The fraction of sp³-hybridized carbons (Fsp3) is 0.0303. The van der Waals surface area contributed by atoms with Gasteiger partial charge in [-0.1, -0.05) is 0 Å². The third kappa shape index (κ3) is 5.12. The van der Waals surface area contributed by atoms with Crippen LogP contribution >= 0.6 is 6.83 Å². The molecule has 0 aliphatic rings. The fourth-order valence-electron chi connectivity index (χ4n) is 5.29. The zero-order valence-electron chi connectivity index (χ0n) is 22.3. The molecule has 9 heteroatoms. The molecule has 0 atom stereocenters. The maximum absolute atomic E-state index is 14.5. The second kappa shape index (κ2) is 11.3. The van der Waals surface area contributed by atoms with Crippen molar-refractivity contribution in [1.82, 2.24) is 0 Å². The normalized spacial score (nSPS) is 12.6. The summed E-state index contributed by atoms with van der Waals surface area (Å²) in [6.07, 6.45) is 0.147. The molecule has 0 unspecified atom stereocenters. The molecule has 0 aliphatic heterocycles. The minimum absolute atomic E-state index is 0.147. The molecule has 5 aromatic rings. The van der Waals surface area contributed by atoms with E-state index in [0.29, 0.717) is 15.9 Å². The van der Waals surface area contributed by atoms with Gasteiger partial charge in [0.05, 0.1) is 0 Å². The first-order valence-electron chi connectivity index (χ1n) is 13.0. The Hall–Kier alpha value is -4.62. The summed E-state index contributed by atoms with van der Waals surface area (Å²) in [4.78, 5) is 23.2. The number of carboxylic acid groups (broad SMARTS) is 2. The Kier molecular flexibility index (Phi) is 7.80. The van der Waals surface area contributed by atoms with Gasteiger partial charge in [-0.3, -0.25) is 0 Å². The van der Waals surface area contributed by atoms with Crippen molar-refractivity contribution in [3.63, 3.8) is 0 Å². The van der Waals surface area contributed by atoms with Crippen LogP contribution in [0.5, 0.6) is 0 Å². The first-order valence-corrected chi connectivity index (χ1v) is 16.7. The van der Waals surface area contributed by atoms with Crippen molar-refractivity contribution in [3.8, 4) is 0 Å². The molecule has 0 heterocycles. The molecule has 0 saturated heterocycles. The molecule has 0 amide bonds. The average molecular weight is 599 g/mol. The Labute approximate surface area is 243 Å². The summed E-state index contributed by atoms with van der Waals surface area (Å²) in [6, 6.07) is 39.6. The van der Waals surface area contributed by atoms with Crippen LogP contribution in [0.15, 0.2) is 144 Å². The zero-order chi connectivity index (χ0) is 29.8. The maximum atomic E-state index is 14.5. The van der Waals surface area contributed by atoms with E-state index in [2.05, 4.69) is 0 Å². The summed E-state index contributed by atoms with van der Waals surface area (Å²) < 4.78 is 35.8. The second-order valence-corrected chi connectivity index (χ2v) is 16.0. The molecular formula is C33H27O7PS. The first kappa shape index (κ1) is 28.9. The standard InChI is InChI=1S/C33H27O7PS/c34-32(35)26-21-27(33(36)37)23-31(22-26)42(38,39)40-41(28-15-7-2-8-16-28,29-17-9-3-10-18-29,30-19-11-4-12-20-30)24-25-13-5-1-6-14-25/h1-23H,24H2,(H,34,35)(H,36,37). The van der Waals surface area contributed by atoms with Crippen LogP contribution in [0.3, 0.4) is 0 Å². The van der Waals surface area contributed by atoms with Crippen molar-refractivity contribution in [1.29, 1.82) is 0 Å². The number of benzene rings is 5. The van der Waals surface area contributed by atoms with Gasteiger partial charge in [-0.25, -0.2) is 0 Å². The molecular weight excluding hydrogens is 571 g/mol. The predicted octanol–water partition coefficient (Wildman–Crippen LogP) is 5.43. The summed E-state index contributed by atoms with van der Waals surface area (Å²) >= 11 is 0. The number of carboxylic acids is 2. The van der Waals surface area contributed by atoms with Crippen molar-refractivity contribution >= 4 is 44.8 Å². The van der Waals surface area contributed by atoms with Gasteiger partial charge in [0, 0.05) is 0 Å². The molecule has 212 valence electrons. The predicted molar refractivity (Wildman–Crippen MR) is 164 cm³/mol. The molecule has 0 radical (unpaired) electrons. The molecule has 0 aliphatic carbocycles. The van der Waals surface area contributed by atoms with Crippen LogP contribution in [0, 0.1) is 0 Å². The van der Waals surface area contributed by atoms with E-state index in [1.54, 1.807) is 0 Å². The third-order valence-electron chi connectivity index (χ3n) is 7.19. The van der Waals surface area contributed by atoms with Gasteiger partial charge in [0.2, 0.25) is 0 Å². The van der Waals surface area contributed by atoms with Gasteiger partial charge >= 0.3 is 244 Å². The Bertz CT molecular complexity index is 1710. The van der Waals surface area contributed by atoms with Gasteiger partial charge in [0.25, 0.3) is 0 Å². The van der Waals surface area contributed by atoms with Crippen LogP contribution in [0.25, 0.3) is 0 Å². The number of aromatic carboxylic acids is 2. The van der Waals surface area contributed by atoms with Gasteiger partial charge in [0.15, 0.2) is 0 Å². The van der Waals surface area contributed by atoms with E-state index in [0.717, 1.165) is 23.8 Å². The Morgan fingerprint density at radius 1 is 0.571 bits per heavy atom. The molecule has 0 fully saturated rings. The zero-order valence-corrected chi connectivity index (χ0v) is 24.0. The SMILES string of the molecule is O=C(O)c1cc(C(=O)O)cc(S(=O)(=O)OP(Cc2ccccc2)(c2ccccc2)(c2ccccc2)c2ccccc2)c1. The van der Waals surface area contributed by atoms with Crippen LogP contribution in [0.2, 0.25) is 0 Å². The van der Waals surface area contributed by atoms with E-state index in [1.807, 2.05) is 121 Å². The number of rotatable bonds is 10. The molecule has 0 bridgehead atoms. The molecule has 5 rings (SSSR count). The van der Waals surface area contributed by atoms with E-state index in [9.17, 15) is 28.2 Å². The van der Waals surface area contributed by atoms with Gasteiger partial charge in [-0.2, -0.15) is 0 Å². The molecule has 0 aromatic heterocycles. The van der Waals surface area contributed by atoms with Crippen molar-refractivity contribution in [2.45, 2.75) is 11.1 Å². The van der Waals surface area contributed by atoms with Crippen molar-refractivity contribution in [3.05, 3.63) is 156 Å². The molecule has 42 heavy (non-hydrogen) atoms. The van der Waals surface area contributed by atoms with Crippen LogP contribution in [0.4, 0.5) is 0 Å². The van der Waals surface area contributed by atoms with Gasteiger partial charge < -0.3 is 0 Å². The second-order valence-electron chi connectivity index (χ2n) is 9.75. The van der Waals surface area contributed by atoms with Crippen molar-refractivity contribution in [2.24, 2.45) is 0 Å². The Morgan fingerprint density at radius 2 is 0.929 bits per heavy atom.